The number of carbonyl (C=O) groups excluding carboxylic acids is 1. The van der Waals surface area contributed by atoms with E-state index in [2.05, 4.69) is 10.6 Å². The second-order valence-corrected chi connectivity index (χ2v) is 7.43. The summed E-state index contributed by atoms with van der Waals surface area (Å²) >= 11 is 17.5. The molecule has 0 aliphatic heterocycles. The number of nitrogens with one attached hydrogen (secondary N) is 2. The standard InChI is InChI=1S/C13H16Cl3N3O3/c1-8(2)7-11(20)18-12(13(14,15)16)17-9-5-3-4-6-10(9)19(21)22/h3-6,8,12,17H,7H2,1-2H3,(H,18,20). The van der Waals surface area contributed by atoms with Gasteiger partial charge in [-0.05, 0) is 12.0 Å². The van der Waals surface area contributed by atoms with Crippen molar-refractivity contribution >= 4 is 52.1 Å². The summed E-state index contributed by atoms with van der Waals surface area (Å²) in [5, 5.41) is 16.2. The maximum absolute atomic E-state index is 11.9. The molecule has 122 valence electrons. The highest BCUT2D eigenvalue weighted by Crippen LogP contribution is 2.33. The maximum atomic E-state index is 11.9. The number of anilines is 1. The Kier molecular flexibility index (Phi) is 6.71. The number of para-hydroxylation sites is 2. The van der Waals surface area contributed by atoms with Crippen LogP contribution in [-0.2, 0) is 4.79 Å². The third-order valence-corrected chi connectivity index (χ3v) is 3.28. The molecule has 1 rings (SSSR count). The van der Waals surface area contributed by atoms with Gasteiger partial charge in [-0.2, -0.15) is 0 Å². The third-order valence-electron chi connectivity index (χ3n) is 2.63. The summed E-state index contributed by atoms with van der Waals surface area (Å²) in [5.41, 5.74) is -0.0338. The van der Waals surface area contributed by atoms with Gasteiger partial charge < -0.3 is 10.6 Å². The Morgan fingerprint density at radius 1 is 1.32 bits per heavy atom. The molecule has 0 aliphatic rings. The largest absolute Gasteiger partial charge is 0.356 e. The highest BCUT2D eigenvalue weighted by Gasteiger charge is 2.35. The van der Waals surface area contributed by atoms with Crippen molar-refractivity contribution in [2.24, 2.45) is 5.92 Å². The first-order valence-electron chi connectivity index (χ1n) is 6.47. The fourth-order valence-electron chi connectivity index (χ4n) is 1.70. The van der Waals surface area contributed by atoms with Gasteiger partial charge in [-0.15, -0.1) is 0 Å². The molecule has 0 radical (unpaired) electrons. The molecule has 0 aromatic heterocycles. The Morgan fingerprint density at radius 2 is 1.91 bits per heavy atom. The Hall–Kier alpha value is -1.24. The Bertz CT molecular complexity index is 547. The van der Waals surface area contributed by atoms with Crippen LogP contribution in [0.15, 0.2) is 24.3 Å². The van der Waals surface area contributed by atoms with E-state index in [0.29, 0.717) is 0 Å². The van der Waals surface area contributed by atoms with Crippen LogP contribution in [0.4, 0.5) is 11.4 Å². The molecule has 1 unspecified atom stereocenters. The van der Waals surface area contributed by atoms with Crippen molar-refractivity contribution in [2.45, 2.75) is 30.2 Å². The van der Waals surface area contributed by atoms with Crippen molar-refractivity contribution in [3.05, 3.63) is 34.4 Å². The average molecular weight is 369 g/mol. The van der Waals surface area contributed by atoms with Crippen LogP contribution in [0.2, 0.25) is 0 Å². The Morgan fingerprint density at radius 3 is 2.41 bits per heavy atom. The fourth-order valence-corrected chi connectivity index (χ4v) is 2.03. The number of hydrogen-bond donors (Lipinski definition) is 2. The minimum absolute atomic E-state index is 0.127. The Balaban J connectivity index is 2.96. The summed E-state index contributed by atoms with van der Waals surface area (Å²) in [5.74, 6) is -0.195. The van der Waals surface area contributed by atoms with Crippen molar-refractivity contribution in [3.63, 3.8) is 0 Å². The lowest BCUT2D eigenvalue weighted by molar-refractivity contribution is -0.384. The van der Waals surface area contributed by atoms with Gasteiger partial charge in [0.2, 0.25) is 9.70 Å². The van der Waals surface area contributed by atoms with Gasteiger partial charge >= 0.3 is 0 Å². The minimum Gasteiger partial charge on any atom is -0.356 e. The first-order chi connectivity index (χ1) is 10.1. The lowest BCUT2D eigenvalue weighted by Crippen LogP contribution is -2.49. The number of nitro groups is 1. The summed E-state index contributed by atoms with van der Waals surface area (Å²) in [6.07, 6.45) is -0.861. The van der Waals surface area contributed by atoms with Crippen LogP contribution < -0.4 is 10.6 Å². The summed E-state index contributed by atoms with van der Waals surface area (Å²) < 4.78 is -1.88. The predicted molar refractivity (Wildman–Crippen MR) is 88.4 cm³/mol. The summed E-state index contributed by atoms with van der Waals surface area (Å²) in [4.78, 5) is 22.3. The average Bonchev–Trinajstić information content (AvgIpc) is 2.36. The molecule has 0 fully saturated rings. The fraction of sp³-hybridized carbons (Fsp3) is 0.462. The number of benzene rings is 1. The predicted octanol–water partition coefficient (Wildman–Crippen LogP) is 3.87. The van der Waals surface area contributed by atoms with E-state index < -0.39 is 14.9 Å². The Labute approximate surface area is 143 Å². The van der Waals surface area contributed by atoms with E-state index in [1.807, 2.05) is 13.8 Å². The van der Waals surface area contributed by atoms with Gasteiger partial charge in [0, 0.05) is 12.5 Å². The number of halogens is 3. The molecule has 9 heteroatoms. The van der Waals surface area contributed by atoms with Crippen LogP contribution in [-0.4, -0.2) is 20.8 Å². The molecular weight excluding hydrogens is 353 g/mol. The molecule has 2 N–H and O–H groups in total. The maximum Gasteiger partial charge on any atom is 0.292 e. The van der Waals surface area contributed by atoms with E-state index in [0.717, 1.165) is 0 Å². The monoisotopic (exact) mass is 367 g/mol. The SMILES string of the molecule is CC(C)CC(=O)NC(Nc1ccccc1[N+](=O)[O-])C(Cl)(Cl)Cl. The summed E-state index contributed by atoms with van der Waals surface area (Å²) in [7, 11) is 0. The molecule has 6 nitrogen and oxygen atoms in total. The van der Waals surface area contributed by atoms with E-state index in [9.17, 15) is 14.9 Å². The van der Waals surface area contributed by atoms with Crippen LogP contribution in [0, 0.1) is 16.0 Å². The summed E-state index contributed by atoms with van der Waals surface area (Å²) in [6, 6.07) is 5.90. The molecule has 1 amide bonds. The van der Waals surface area contributed by atoms with Gasteiger partial charge in [-0.1, -0.05) is 60.8 Å². The quantitative estimate of drug-likeness (QED) is 0.345. The van der Waals surface area contributed by atoms with Gasteiger partial charge in [-0.3, -0.25) is 14.9 Å². The highest BCUT2D eigenvalue weighted by molar-refractivity contribution is 6.68. The van der Waals surface area contributed by atoms with Crippen LogP contribution in [0.25, 0.3) is 0 Å². The first kappa shape index (κ1) is 18.8. The van der Waals surface area contributed by atoms with Gasteiger partial charge in [0.15, 0.2) is 0 Å². The van der Waals surface area contributed by atoms with Crippen molar-refractivity contribution in [3.8, 4) is 0 Å². The van der Waals surface area contributed by atoms with Crippen molar-refractivity contribution in [2.75, 3.05) is 5.32 Å². The molecule has 0 bridgehead atoms. The number of nitrogens with zero attached hydrogens (tertiary/aromatic N) is 1. The van der Waals surface area contributed by atoms with Crippen LogP contribution >= 0.6 is 34.8 Å². The van der Waals surface area contributed by atoms with E-state index in [1.54, 1.807) is 6.07 Å². The molecule has 0 saturated heterocycles. The van der Waals surface area contributed by atoms with Crippen LogP contribution in [0.1, 0.15) is 20.3 Å². The molecule has 0 aliphatic carbocycles. The molecule has 0 spiro atoms. The van der Waals surface area contributed by atoms with Crippen molar-refractivity contribution in [1.82, 2.24) is 5.32 Å². The second kappa shape index (κ2) is 7.85. The zero-order chi connectivity index (χ0) is 16.9. The van der Waals surface area contributed by atoms with E-state index in [4.69, 9.17) is 34.8 Å². The number of nitro benzene ring substituents is 1. The number of carbonyl (C=O) groups is 1. The number of hydrogen-bond acceptors (Lipinski definition) is 4. The van der Waals surface area contributed by atoms with Crippen molar-refractivity contribution in [1.29, 1.82) is 0 Å². The molecule has 0 heterocycles. The molecule has 1 aromatic carbocycles. The smallest absolute Gasteiger partial charge is 0.292 e. The molecule has 1 aromatic rings. The van der Waals surface area contributed by atoms with Gasteiger partial charge in [0.1, 0.15) is 11.9 Å². The van der Waals surface area contributed by atoms with Crippen molar-refractivity contribution < 1.29 is 9.72 Å². The second-order valence-electron chi connectivity index (χ2n) is 5.06. The molecule has 22 heavy (non-hydrogen) atoms. The molecular formula is C13H16Cl3N3O3. The highest BCUT2D eigenvalue weighted by atomic mass is 35.6. The van der Waals surface area contributed by atoms with Gasteiger partial charge in [0.05, 0.1) is 4.92 Å². The van der Waals surface area contributed by atoms with E-state index in [1.165, 1.54) is 18.2 Å². The van der Waals surface area contributed by atoms with Gasteiger partial charge in [-0.25, -0.2) is 0 Å². The van der Waals surface area contributed by atoms with Crippen LogP contribution in [0.3, 0.4) is 0 Å². The van der Waals surface area contributed by atoms with Gasteiger partial charge in [0.25, 0.3) is 5.69 Å². The topological polar surface area (TPSA) is 84.3 Å². The normalized spacial score (nSPS) is 12.8. The molecule has 0 saturated carbocycles. The van der Waals surface area contributed by atoms with E-state index in [-0.39, 0.29) is 29.6 Å². The zero-order valence-corrected chi connectivity index (χ0v) is 14.2. The number of alkyl halides is 3. The zero-order valence-electron chi connectivity index (χ0n) is 12.0. The summed E-state index contributed by atoms with van der Waals surface area (Å²) in [6.45, 7) is 3.75. The minimum atomic E-state index is -1.88. The lowest BCUT2D eigenvalue weighted by Gasteiger charge is -2.27. The number of amides is 1. The van der Waals surface area contributed by atoms with Crippen LogP contribution in [0.5, 0.6) is 0 Å². The number of rotatable bonds is 6. The lowest BCUT2D eigenvalue weighted by atomic mass is 10.1. The first-order valence-corrected chi connectivity index (χ1v) is 7.60. The third kappa shape index (κ3) is 5.87. The van der Waals surface area contributed by atoms with E-state index >= 15 is 0 Å². The molecule has 1 atom stereocenters.